The van der Waals surface area contributed by atoms with E-state index in [4.69, 9.17) is 28.3 Å². The molecule has 1 N–H and O–H groups in total. The second-order valence-electron chi connectivity index (χ2n) is 10.1. The van der Waals surface area contributed by atoms with Crippen LogP contribution in [0.2, 0.25) is 0 Å². The molecule has 5 aromatic rings. The number of rotatable bonds is 15. The number of methoxy groups -OCH3 is 1. The van der Waals surface area contributed by atoms with Crippen LogP contribution >= 0.6 is 23.1 Å². The molecule has 0 aliphatic heterocycles. The van der Waals surface area contributed by atoms with Gasteiger partial charge in [-0.15, -0.1) is 11.3 Å². The molecule has 0 radical (unpaired) electrons. The molecule has 0 aliphatic carbocycles. The van der Waals surface area contributed by atoms with Crippen molar-refractivity contribution in [3.8, 4) is 23.0 Å². The van der Waals surface area contributed by atoms with Crippen LogP contribution in [-0.2, 0) is 14.3 Å². The van der Waals surface area contributed by atoms with Gasteiger partial charge < -0.3 is 28.7 Å². The average Bonchev–Trinajstić information content (AvgIpc) is 3.70. The monoisotopic (exact) mass is 647 g/mol. The zero-order valence-corrected chi connectivity index (χ0v) is 26.6. The van der Waals surface area contributed by atoms with E-state index in [1.807, 2.05) is 73.7 Å². The molecule has 1 atom stereocenters. The highest BCUT2D eigenvalue weighted by Crippen LogP contribution is 2.41. The number of amides is 1. The lowest BCUT2D eigenvalue weighted by atomic mass is 9.89. The van der Waals surface area contributed by atoms with E-state index in [-0.39, 0.29) is 26.4 Å². The van der Waals surface area contributed by atoms with E-state index in [1.165, 1.54) is 0 Å². The number of hydrogen-bond donors (Lipinski definition) is 1. The third-order valence-corrected chi connectivity index (χ3v) is 9.59. The largest absolute Gasteiger partial charge is 0.493 e. The number of benzene rings is 3. The van der Waals surface area contributed by atoms with E-state index in [2.05, 4.69) is 16.9 Å². The Morgan fingerprint density at radius 3 is 2.58 bits per heavy atom. The first kappa shape index (κ1) is 31.9. The van der Waals surface area contributed by atoms with Gasteiger partial charge in [0.05, 0.1) is 36.0 Å². The van der Waals surface area contributed by atoms with Gasteiger partial charge in [-0.05, 0) is 42.8 Å². The van der Waals surface area contributed by atoms with Crippen molar-refractivity contribution in [2.24, 2.45) is 5.41 Å². The fourth-order valence-electron chi connectivity index (χ4n) is 4.40. The molecule has 2 heterocycles. The first-order valence-electron chi connectivity index (χ1n) is 14.3. The lowest BCUT2D eigenvalue weighted by molar-refractivity contribution is -0.137. The van der Waals surface area contributed by atoms with Gasteiger partial charge in [-0.25, -0.2) is 19.6 Å². The van der Waals surface area contributed by atoms with Crippen molar-refractivity contribution in [1.82, 2.24) is 15.3 Å². The molecular weight excluding hydrogens is 615 g/mol. The summed E-state index contributed by atoms with van der Waals surface area (Å²) in [5.74, 6) is 1.40. The summed E-state index contributed by atoms with van der Waals surface area (Å²) in [5, 5.41) is 2.61. The van der Waals surface area contributed by atoms with Gasteiger partial charge in [0.2, 0.25) is 5.89 Å². The van der Waals surface area contributed by atoms with Crippen LogP contribution in [0.4, 0.5) is 4.79 Å². The molecule has 0 saturated heterocycles. The van der Waals surface area contributed by atoms with E-state index in [9.17, 15) is 9.59 Å². The molecule has 1 unspecified atom stereocenters. The van der Waals surface area contributed by atoms with Crippen molar-refractivity contribution in [2.75, 3.05) is 39.2 Å². The highest BCUT2D eigenvalue weighted by Gasteiger charge is 2.33. The smallest absolute Gasteiger partial charge is 0.407 e. The third kappa shape index (κ3) is 7.95. The SMILES string of the molecule is C=CC(=O)OCCNC(=O)OCC(CC)(COc1c(OC)cccc1-c1nc2ccccc2o1)CSc1nc2ccccc2s1. The van der Waals surface area contributed by atoms with Crippen molar-refractivity contribution >= 4 is 56.5 Å². The number of para-hydroxylation sites is 4. The molecule has 12 heteroatoms. The van der Waals surface area contributed by atoms with Crippen LogP contribution in [-0.4, -0.2) is 61.3 Å². The number of ether oxygens (including phenoxy) is 4. The number of carbonyl (C=O) groups is 2. The number of aromatic nitrogens is 2. The Morgan fingerprint density at radius 1 is 1.02 bits per heavy atom. The van der Waals surface area contributed by atoms with Gasteiger partial charge in [0.15, 0.2) is 21.4 Å². The van der Waals surface area contributed by atoms with Crippen LogP contribution < -0.4 is 14.8 Å². The van der Waals surface area contributed by atoms with Crippen LogP contribution in [0.3, 0.4) is 0 Å². The first-order chi connectivity index (χ1) is 21.9. The molecule has 1 amide bonds. The minimum atomic E-state index is -0.628. The predicted molar refractivity (Wildman–Crippen MR) is 175 cm³/mol. The summed E-state index contributed by atoms with van der Waals surface area (Å²) >= 11 is 3.21. The molecule has 0 aliphatic rings. The molecule has 234 valence electrons. The standard InChI is InChI=1S/C33H33N3O7S2/c1-4-28(37)40-18-17-34-31(38)42-20-33(5-2,21-44-32-36-24-13-7-9-16-27(24)45-32)19-41-29-22(11-10-15-26(29)39-3)30-35-23-12-6-8-14-25(23)43-30/h4,6-16H,1,5,17-21H2,2-3H3,(H,34,38). The fourth-order valence-corrected chi connectivity index (χ4v) is 6.74. The predicted octanol–water partition coefficient (Wildman–Crippen LogP) is 7.14. The van der Waals surface area contributed by atoms with E-state index in [0.717, 1.165) is 26.1 Å². The van der Waals surface area contributed by atoms with Crippen LogP contribution in [0.5, 0.6) is 11.5 Å². The zero-order chi connectivity index (χ0) is 31.6. The number of thioether (sulfide) groups is 1. The van der Waals surface area contributed by atoms with Crippen molar-refractivity contribution in [1.29, 1.82) is 0 Å². The summed E-state index contributed by atoms with van der Waals surface area (Å²) in [5.41, 5.74) is 2.36. The summed E-state index contributed by atoms with van der Waals surface area (Å²) in [6, 6.07) is 21.1. The first-order valence-corrected chi connectivity index (χ1v) is 16.1. The van der Waals surface area contributed by atoms with Gasteiger partial charge in [0.25, 0.3) is 0 Å². The average molecular weight is 648 g/mol. The van der Waals surface area contributed by atoms with Gasteiger partial charge in [-0.2, -0.15) is 0 Å². The van der Waals surface area contributed by atoms with Gasteiger partial charge in [-0.1, -0.05) is 55.6 Å². The molecule has 45 heavy (non-hydrogen) atoms. The molecular formula is C33H33N3O7S2. The fraction of sp³-hybridized carbons (Fsp3) is 0.273. The molecule has 0 fully saturated rings. The topological polar surface area (TPSA) is 122 Å². The number of carbonyl (C=O) groups excluding carboxylic acids is 2. The maximum absolute atomic E-state index is 12.6. The minimum Gasteiger partial charge on any atom is -0.493 e. The molecule has 0 spiro atoms. The van der Waals surface area contributed by atoms with Crippen molar-refractivity contribution in [3.05, 3.63) is 79.4 Å². The molecule has 2 aromatic heterocycles. The Hall–Kier alpha value is -4.55. The number of nitrogens with one attached hydrogen (secondary N) is 1. The van der Waals surface area contributed by atoms with E-state index >= 15 is 0 Å². The summed E-state index contributed by atoms with van der Waals surface area (Å²) in [7, 11) is 1.58. The Balaban J connectivity index is 1.36. The number of esters is 1. The maximum Gasteiger partial charge on any atom is 0.407 e. The van der Waals surface area contributed by atoms with Crippen LogP contribution in [0, 0.1) is 5.41 Å². The summed E-state index contributed by atoms with van der Waals surface area (Å²) in [4.78, 5) is 33.3. The summed E-state index contributed by atoms with van der Waals surface area (Å²) < 4.78 is 30.9. The second-order valence-corrected chi connectivity index (χ2v) is 12.3. The zero-order valence-electron chi connectivity index (χ0n) is 24.9. The lowest BCUT2D eigenvalue weighted by Gasteiger charge is -2.32. The van der Waals surface area contributed by atoms with Crippen molar-refractivity contribution in [2.45, 2.75) is 17.7 Å². The quantitative estimate of drug-likeness (QED) is 0.0543. The number of oxazole rings is 1. The van der Waals surface area contributed by atoms with Gasteiger partial charge in [-0.3, -0.25) is 0 Å². The molecule has 5 rings (SSSR count). The number of fused-ring (bicyclic) bond motifs is 2. The number of nitrogens with zero attached hydrogens (tertiary/aromatic N) is 2. The summed E-state index contributed by atoms with van der Waals surface area (Å²) in [6.07, 6.45) is 1.06. The molecule has 3 aromatic carbocycles. The number of alkyl carbamates (subject to hydrolysis) is 1. The maximum atomic E-state index is 12.6. The number of hydrogen-bond acceptors (Lipinski definition) is 11. The Morgan fingerprint density at radius 2 is 1.82 bits per heavy atom. The summed E-state index contributed by atoms with van der Waals surface area (Å²) in [6.45, 7) is 5.74. The second kappa shape index (κ2) is 15.0. The van der Waals surface area contributed by atoms with E-state index < -0.39 is 17.5 Å². The molecule has 10 nitrogen and oxygen atoms in total. The highest BCUT2D eigenvalue weighted by atomic mass is 32.2. The van der Waals surface area contributed by atoms with Crippen LogP contribution in [0.25, 0.3) is 32.8 Å². The van der Waals surface area contributed by atoms with Gasteiger partial charge in [0.1, 0.15) is 18.7 Å². The highest BCUT2D eigenvalue weighted by molar-refractivity contribution is 8.01. The van der Waals surface area contributed by atoms with Crippen LogP contribution in [0.15, 0.2) is 88.1 Å². The van der Waals surface area contributed by atoms with Gasteiger partial charge >= 0.3 is 12.1 Å². The number of thiazole rings is 1. The van der Waals surface area contributed by atoms with Crippen molar-refractivity contribution in [3.63, 3.8) is 0 Å². The minimum absolute atomic E-state index is 0.00183. The normalized spacial score (nSPS) is 12.4. The van der Waals surface area contributed by atoms with Gasteiger partial charge in [0, 0.05) is 17.2 Å². The van der Waals surface area contributed by atoms with E-state index in [1.54, 1.807) is 30.2 Å². The Bertz CT molecular complexity index is 1720. The molecule has 0 saturated carbocycles. The third-order valence-electron chi connectivity index (χ3n) is 7.06. The van der Waals surface area contributed by atoms with Crippen molar-refractivity contribution < 1.29 is 33.0 Å². The lowest BCUT2D eigenvalue weighted by Crippen LogP contribution is -2.39. The molecule has 0 bridgehead atoms. The Labute approximate surface area is 268 Å². The van der Waals surface area contributed by atoms with Crippen LogP contribution in [0.1, 0.15) is 13.3 Å². The van der Waals surface area contributed by atoms with E-state index in [0.29, 0.717) is 40.7 Å². The Kier molecular flexibility index (Phi) is 10.6.